The maximum absolute atomic E-state index is 14.3. The van der Waals surface area contributed by atoms with Crippen LogP contribution in [0.25, 0.3) is 22.3 Å². The van der Waals surface area contributed by atoms with Gasteiger partial charge in [-0.1, -0.05) is 12.1 Å². The van der Waals surface area contributed by atoms with E-state index in [4.69, 9.17) is 9.57 Å². The minimum Gasteiger partial charge on any atom is -0.458 e. The number of esters is 1. The van der Waals surface area contributed by atoms with Gasteiger partial charge in [-0.2, -0.15) is 0 Å². The third-order valence-corrected chi connectivity index (χ3v) is 6.58. The van der Waals surface area contributed by atoms with Crippen LogP contribution in [0.5, 0.6) is 0 Å². The zero-order valence-corrected chi connectivity index (χ0v) is 18.5. The molecule has 10 heteroatoms. The largest absolute Gasteiger partial charge is 0.458 e. The van der Waals surface area contributed by atoms with E-state index in [1.165, 1.54) is 24.0 Å². The molecule has 5 rings (SSSR count). The number of cyclic esters (lactones) is 1. The molecule has 0 amide bonds. The van der Waals surface area contributed by atoms with Crippen molar-refractivity contribution in [2.24, 2.45) is 5.16 Å². The van der Waals surface area contributed by atoms with Crippen LogP contribution in [0.15, 0.2) is 28.1 Å². The number of hydrogen-bond donors (Lipinski definition) is 1. The van der Waals surface area contributed by atoms with Crippen molar-refractivity contribution >= 4 is 37.6 Å². The summed E-state index contributed by atoms with van der Waals surface area (Å²) in [5.41, 5.74) is 0.818. The lowest BCUT2D eigenvalue weighted by atomic mass is 9.86. The highest BCUT2D eigenvalue weighted by Gasteiger charge is 2.45. The smallest absolute Gasteiger partial charge is 0.343 e. The van der Waals surface area contributed by atoms with Gasteiger partial charge < -0.3 is 19.2 Å². The maximum Gasteiger partial charge on any atom is 0.343 e. The summed E-state index contributed by atoms with van der Waals surface area (Å²) in [5.74, 6) is -1.22. The predicted octanol–water partition coefficient (Wildman–Crippen LogP) is 1.70. The van der Waals surface area contributed by atoms with Crippen LogP contribution in [-0.4, -0.2) is 34.0 Å². The molecule has 0 saturated carbocycles. The monoisotopic (exact) mass is 455 g/mol. The van der Waals surface area contributed by atoms with Crippen molar-refractivity contribution in [2.45, 2.75) is 32.1 Å². The van der Waals surface area contributed by atoms with Gasteiger partial charge in [0.2, 0.25) is 0 Å². The van der Waals surface area contributed by atoms with Gasteiger partial charge in [-0.25, -0.2) is 14.2 Å². The molecule has 0 saturated heterocycles. The van der Waals surface area contributed by atoms with E-state index in [-0.39, 0.29) is 36.3 Å². The summed E-state index contributed by atoms with van der Waals surface area (Å²) in [4.78, 5) is 35.1. The quantitative estimate of drug-likeness (QED) is 0.218. The molecule has 0 bridgehead atoms. The van der Waals surface area contributed by atoms with Crippen LogP contribution in [-0.2, 0) is 33.1 Å². The first-order valence-corrected chi connectivity index (χ1v) is 10.5. The minimum absolute atomic E-state index is 0.0492. The normalized spacial score (nSPS) is 19.1. The number of oxime groups is 1. The summed E-state index contributed by atoms with van der Waals surface area (Å²) in [6.07, 6.45) is 1.56. The Morgan fingerprint density at radius 1 is 1.38 bits per heavy atom. The van der Waals surface area contributed by atoms with Gasteiger partial charge in [-0.15, -0.1) is 9.24 Å². The molecule has 164 valence electrons. The number of carbonyl (C=O) groups excluding carboxylic acids is 1. The molecule has 2 aromatic heterocycles. The molecule has 0 aliphatic carbocycles. The van der Waals surface area contributed by atoms with Crippen LogP contribution in [0.3, 0.4) is 0 Å². The summed E-state index contributed by atoms with van der Waals surface area (Å²) in [7, 11) is 3.76. The van der Waals surface area contributed by atoms with Gasteiger partial charge in [0.15, 0.2) is 5.60 Å². The second-order valence-corrected chi connectivity index (χ2v) is 8.39. The lowest BCUT2D eigenvalue weighted by Gasteiger charge is -2.31. The fraction of sp³-hybridized carbons (Fsp3) is 0.273. The van der Waals surface area contributed by atoms with Gasteiger partial charge in [-0.3, -0.25) is 4.79 Å². The van der Waals surface area contributed by atoms with E-state index < -0.39 is 17.4 Å². The molecule has 4 heterocycles. The van der Waals surface area contributed by atoms with Crippen LogP contribution >= 0.6 is 9.24 Å². The molecule has 1 aromatic carbocycles. The van der Waals surface area contributed by atoms with Crippen molar-refractivity contribution < 1.29 is 23.9 Å². The van der Waals surface area contributed by atoms with Gasteiger partial charge in [0.1, 0.15) is 19.5 Å². The lowest BCUT2D eigenvalue weighted by molar-refractivity contribution is -0.172. The highest BCUT2D eigenvalue weighted by molar-refractivity contribution is 7.27. The third-order valence-electron chi connectivity index (χ3n) is 6.14. The number of ether oxygens (including phenoxy) is 1. The van der Waals surface area contributed by atoms with E-state index in [1.807, 2.05) is 0 Å². The standard InChI is InChI=1S/C22H19FN3O5P/c1-3-22(29)14-5-17-19-12(8-26(17)20(27)13(14)9-31-21(22)28)11(7-24-30-2)10-4-18(32)15(23)6-16(10)25-19/h4-7,29H,3,8-9,32H2,1-2H3/t22-/m0/s1. The Labute approximate surface area is 183 Å². The minimum atomic E-state index is -1.91. The summed E-state index contributed by atoms with van der Waals surface area (Å²) >= 11 is 0. The molecule has 8 nitrogen and oxygen atoms in total. The first-order chi connectivity index (χ1) is 15.3. The van der Waals surface area contributed by atoms with Crippen LogP contribution in [0, 0.1) is 5.82 Å². The van der Waals surface area contributed by atoms with Crippen molar-refractivity contribution in [1.82, 2.24) is 9.55 Å². The number of aliphatic hydroxyl groups is 1. The number of rotatable bonds is 3. The van der Waals surface area contributed by atoms with Gasteiger partial charge in [0.25, 0.3) is 5.56 Å². The predicted molar refractivity (Wildman–Crippen MR) is 118 cm³/mol. The summed E-state index contributed by atoms with van der Waals surface area (Å²) in [6.45, 7) is 1.64. The number of nitrogens with zero attached hydrogens (tertiary/aromatic N) is 3. The molecule has 2 aliphatic rings. The van der Waals surface area contributed by atoms with Crippen molar-refractivity contribution in [3.8, 4) is 11.4 Å². The van der Waals surface area contributed by atoms with Crippen molar-refractivity contribution in [3.63, 3.8) is 0 Å². The Bertz CT molecular complexity index is 1420. The van der Waals surface area contributed by atoms with Crippen LogP contribution in [0.1, 0.15) is 35.6 Å². The Hall–Kier alpha value is -3.16. The fourth-order valence-electron chi connectivity index (χ4n) is 4.40. The topological polar surface area (TPSA) is 103 Å². The van der Waals surface area contributed by atoms with Gasteiger partial charge in [0, 0.05) is 33.4 Å². The summed E-state index contributed by atoms with van der Waals surface area (Å²) in [5, 5.41) is 15.9. The van der Waals surface area contributed by atoms with Gasteiger partial charge in [-0.05, 0) is 18.6 Å². The maximum atomic E-state index is 14.3. The zero-order valence-electron chi connectivity index (χ0n) is 17.3. The Kier molecular flexibility index (Phi) is 4.65. The van der Waals surface area contributed by atoms with Gasteiger partial charge in [0.05, 0.1) is 35.2 Å². The highest BCUT2D eigenvalue weighted by atomic mass is 31.0. The number of carbonyl (C=O) groups is 1. The van der Waals surface area contributed by atoms with Crippen molar-refractivity contribution in [2.75, 3.05) is 7.11 Å². The first kappa shape index (κ1) is 20.7. The van der Waals surface area contributed by atoms with Crippen molar-refractivity contribution in [3.05, 3.63) is 56.6 Å². The first-order valence-electron chi connectivity index (χ1n) is 9.95. The van der Waals surface area contributed by atoms with E-state index in [1.54, 1.807) is 19.1 Å². The highest BCUT2D eigenvalue weighted by Crippen LogP contribution is 2.39. The molecular weight excluding hydrogens is 436 g/mol. The Balaban J connectivity index is 1.85. The lowest BCUT2D eigenvalue weighted by Crippen LogP contribution is -2.44. The molecule has 0 spiro atoms. The number of pyridine rings is 2. The van der Waals surface area contributed by atoms with Crippen LogP contribution < -0.4 is 10.9 Å². The molecule has 1 unspecified atom stereocenters. The molecular formula is C22H19FN3O5P. The summed E-state index contributed by atoms with van der Waals surface area (Å²) < 4.78 is 20.9. The van der Waals surface area contributed by atoms with Crippen LogP contribution in [0.2, 0.25) is 0 Å². The molecule has 1 N–H and O–H groups in total. The van der Waals surface area contributed by atoms with E-state index in [2.05, 4.69) is 19.4 Å². The fourth-order valence-corrected chi connectivity index (χ4v) is 4.65. The number of halogens is 1. The second-order valence-electron chi connectivity index (χ2n) is 7.76. The zero-order chi connectivity index (χ0) is 22.8. The molecule has 0 radical (unpaired) electrons. The molecule has 3 aromatic rings. The number of benzene rings is 1. The average molecular weight is 455 g/mol. The number of aromatic nitrogens is 2. The van der Waals surface area contributed by atoms with Gasteiger partial charge >= 0.3 is 5.97 Å². The van der Waals surface area contributed by atoms with E-state index >= 15 is 0 Å². The second kappa shape index (κ2) is 7.18. The van der Waals surface area contributed by atoms with E-state index in [0.29, 0.717) is 38.7 Å². The molecule has 2 aliphatic heterocycles. The molecule has 32 heavy (non-hydrogen) atoms. The third kappa shape index (κ3) is 2.74. The molecule has 0 fully saturated rings. The Morgan fingerprint density at radius 2 is 2.16 bits per heavy atom. The SMILES string of the molecule is CC[C@@]1(O)C(=O)OCc2c1cc1n(c2=O)Cc2c-1nc1cc(F)c(P)cc1c2C=NOC. The Morgan fingerprint density at radius 3 is 2.88 bits per heavy atom. The van der Waals surface area contributed by atoms with E-state index in [9.17, 15) is 19.1 Å². The molecule has 2 atom stereocenters. The number of fused-ring (bicyclic) bond motifs is 5. The average Bonchev–Trinajstić information content (AvgIpc) is 3.14. The number of hydrogen-bond acceptors (Lipinski definition) is 7. The van der Waals surface area contributed by atoms with Crippen LogP contribution in [0.4, 0.5) is 4.39 Å². The van der Waals surface area contributed by atoms with Crippen molar-refractivity contribution in [1.29, 1.82) is 0 Å². The van der Waals surface area contributed by atoms with E-state index in [0.717, 1.165) is 0 Å². The summed E-state index contributed by atoms with van der Waals surface area (Å²) in [6, 6.07) is 4.59.